The summed E-state index contributed by atoms with van der Waals surface area (Å²) in [4.78, 5) is 0. The summed E-state index contributed by atoms with van der Waals surface area (Å²) in [6.45, 7) is 0. The molecule has 0 bridgehead atoms. The van der Waals surface area contributed by atoms with Crippen LogP contribution in [0.25, 0.3) is 0 Å². The van der Waals surface area contributed by atoms with Crippen molar-refractivity contribution in [2.24, 2.45) is 11.8 Å². The summed E-state index contributed by atoms with van der Waals surface area (Å²) in [5, 5.41) is 12.1. The van der Waals surface area contributed by atoms with Gasteiger partial charge in [0, 0.05) is 0 Å². The van der Waals surface area contributed by atoms with Crippen molar-refractivity contribution in [1.29, 1.82) is 0 Å². The van der Waals surface area contributed by atoms with Gasteiger partial charge in [-0.2, -0.15) is 0 Å². The number of rotatable bonds is 0. The molecule has 2 nitrogen and oxygen atoms in total. The Morgan fingerprint density at radius 2 is 1.38 bits per heavy atom. The summed E-state index contributed by atoms with van der Waals surface area (Å²) in [7, 11) is 3.75. The molecule has 2 aliphatic carbocycles. The van der Waals surface area contributed by atoms with Crippen molar-refractivity contribution in [3.8, 4) is 0 Å². The number of aliphatic hydroxyl groups is 1. The van der Waals surface area contributed by atoms with E-state index in [1.165, 1.54) is 25.7 Å². The molecule has 0 spiro atoms. The highest BCUT2D eigenvalue weighted by atomic mass is 16.3. The number of nitrogens with one attached hydrogen (secondary N) is 1. The minimum atomic E-state index is 0.0492. The van der Waals surface area contributed by atoms with Gasteiger partial charge in [-0.1, -0.05) is 25.7 Å². The molecule has 0 aromatic rings. The van der Waals surface area contributed by atoms with Gasteiger partial charge in [-0.25, -0.2) is 0 Å². The minimum absolute atomic E-state index is 0.0492. The van der Waals surface area contributed by atoms with Crippen LogP contribution in [0.2, 0.25) is 0 Å². The molecule has 0 aromatic carbocycles. The lowest BCUT2D eigenvalue weighted by Crippen LogP contribution is -2.12. The van der Waals surface area contributed by atoms with E-state index in [2.05, 4.69) is 5.32 Å². The Morgan fingerprint density at radius 3 is 1.77 bits per heavy atom. The van der Waals surface area contributed by atoms with Crippen molar-refractivity contribution in [2.75, 3.05) is 14.1 Å². The molecule has 0 radical (unpaired) electrons. The second-order valence-corrected chi connectivity index (χ2v) is 4.43. The average molecular weight is 185 g/mol. The number of aliphatic hydroxyl groups excluding tert-OH is 1. The highest BCUT2D eigenvalue weighted by molar-refractivity contribution is 4.85. The fourth-order valence-electron chi connectivity index (χ4n) is 2.70. The van der Waals surface area contributed by atoms with Gasteiger partial charge in [-0.05, 0) is 38.8 Å². The Bertz CT molecular complexity index is 124. The average Bonchev–Trinajstić information content (AvgIpc) is 2.45. The van der Waals surface area contributed by atoms with Gasteiger partial charge in [-0.3, -0.25) is 0 Å². The van der Waals surface area contributed by atoms with E-state index in [1.807, 2.05) is 14.1 Å². The van der Waals surface area contributed by atoms with Crippen molar-refractivity contribution in [1.82, 2.24) is 5.32 Å². The van der Waals surface area contributed by atoms with Crippen LogP contribution in [0.3, 0.4) is 0 Å². The standard InChI is InChI=1S/C9H16O.C2H7N/c10-9-5-7-3-1-2-4-8(7)6-9;1-3-2/h7-10H,1-6H2;3H,1-2H3. The van der Waals surface area contributed by atoms with Crippen LogP contribution in [0.1, 0.15) is 38.5 Å². The third-order valence-corrected chi connectivity index (χ3v) is 3.22. The smallest absolute Gasteiger partial charge is 0.0545 e. The van der Waals surface area contributed by atoms with Crippen molar-refractivity contribution in [2.45, 2.75) is 44.6 Å². The summed E-state index contributed by atoms with van der Waals surface area (Å²) in [6.07, 6.45) is 7.86. The molecule has 0 aliphatic heterocycles. The first-order valence-corrected chi connectivity index (χ1v) is 5.54. The number of fused-ring (bicyclic) bond motifs is 1. The summed E-state index contributed by atoms with van der Waals surface area (Å²) in [5.74, 6) is 1.78. The van der Waals surface area contributed by atoms with Gasteiger partial charge in [0.05, 0.1) is 6.10 Å². The van der Waals surface area contributed by atoms with Crippen LogP contribution in [0.15, 0.2) is 0 Å². The molecule has 2 aliphatic rings. The van der Waals surface area contributed by atoms with Gasteiger partial charge in [0.2, 0.25) is 0 Å². The zero-order valence-electron chi connectivity index (χ0n) is 8.92. The molecule has 2 unspecified atom stereocenters. The lowest BCUT2D eigenvalue weighted by atomic mass is 9.82. The Balaban J connectivity index is 0.000000251. The van der Waals surface area contributed by atoms with Crippen LogP contribution in [0, 0.1) is 11.8 Å². The van der Waals surface area contributed by atoms with E-state index < -0.39 is 0 Å². The Hall–Kier alpha value is -0.0800. The van der Waals surface area contributed by atoms with E-state index in [0.29, 0.717) is 0 Å². The first kappa shape index (κ1) is 11.0. The Kier molecular flexibility index (Phi) is 4.74. The maximum atomic E-state index is 9.36. The highest BCUT2D eigenvalue weighted by Crippen LogP contribution is 2.41. The van der Waals surface area contributed by atoms with E-state index >= 15 is 0 Å². The maximum absolute atomic E-state index is 9.36. The Morgan fingerprint density at radius 1 is 1.00 bits per heavy atom. The topological polar surface area (TPSA) is 32.3 Å². The number of hydrogen-bond donors (Lipinski definition) is 2. The van der Waals surface area contributed by atoms with E-state index in [1.54, 1.807) is 0 Å². The van der Waals surface area contributed by atoms with Crippen molar-refractivity contribution < 1.29 is 5.11 Å². The van der Waals surface area contributed by atoms with E-state index in [-0.39, 0.29) is 6.10 Å². The van der Waals surface area contributed by atoms with Crippen LogP contribution >= 0.6 is 0 Å². The Labute approximate surface area is 81.7 Å². The zero-order chi connectivity index (χ0) is 9.68. The normalized spacial score (nSPS) is 37.6. The molecular weight excluding hydrogens is 162 g/mol. The molecule has 2 fully saturated rings. The molecule has 2 rings (SSSR count). The lowest BCUT2D eigenvalue weighted by Gasteiger charge is -2.23. The van der Waals surface area contributed by atoms with Gasteiger partial charge < -0.3 is 10.4 Å². The fourth-order valence-corrected chi connectivity index (χ4v) is 2.70. The first-order valence-electron chi connectivity index (χ1n) is 5.54. The summed E-state index contributed by atoms with van der Waals surface area (Å²) in [6, 6.07) is 0. The molecule has 2 heteroatoms. The summed E-state index contributed by atoms with van der Waals surface area (Å²) >= 11 is 0. The molecule has 0 saturated heterocycles. The van der Waals surface area contributed by atoms with Crippen LogP contribution < -0.4 is 5.32 Å². The predicted octanol–water partition coefficient (Wildman–Crippen LogP) is 1.78. The minimum Gasteiger partial charge on any atom is -0.393 e. The summed E-state index contributed by atoms with van der Waals surface area (Å²) < 4.78 is 0. The van der Waals surface area contributed by atoms with Crippen LogP contribution in [0.4, 0.5) is 0 Å². The molecule has 2 saturated carbocycles. The van der Waals surface area contributed by atoms with Gasteiger partial charge in [0.1, 0.15) is 0 Å². The molecule has 2 atom stereocenters. The zero-order valence-corrected chi connectivity index (χ0v) is 8.92. The van der Waals surface area contributed by atoms with Crippen molar-refractivity contribution in [3.63, 3.8) is 0 Å². The van der Waals surface area contributed by atoms with Gasteiger partial charge >= 0.3 is 0 Å². The molecule has 0 amide bonds. The lowest BCUT2D eigenvalue weighted by molar-refractivity contribution is 0.175. The van der Waals surface area contributed by atoms with E-state index in [9.17, 15) is 5.11 Å². The SMILES string of the molecule is CNC.OC1CC2CCCCC2C1. The second kappa shape index (κ2) is 5.61. The van der Waals surface area contributed by atoms with E-state index in [0.717, 1.165) is 24.7 Å². The predicted molar refractivity (Wildman–Crippen MR) is 55.7 cm³/mol. The maximum Gasteiger partial charge on any atom is 0.0545 e. The molecule has 2 N–H and O–H groups in total. The second-order valence-electron chi connectivity index (χ2n) is 4.43. The van der Waals surface area contributed by atoms with Crippen LogP contribution in [0.5, 0.6) is 0 Å². The third-order valence-electron chi connectivity index (χ3n) is 3.22. The van der Waals surface area contributed by atoms with Gasteiger partial charge in [0.25, 0.3) is 0 Å². The van der Waals surface area contributed by atoms with Crippen molar-refractivity contribution >= 4 is 0 Å². The summed E-state index contributed by atoms with van der Waals surface area (Å²) in [5.41, 5.74) is 0. The molecule has 0 aromatic heterocycles. The van der Waals surface area contributed by atoms with Crippen LogP contribution in [-0.2, 0) is 0 Å². The van der Waals surface area contributed by atoms with Gasteiger partial charge in [-0.15, -0.1) is 0 Å². The third kappa shape index (κ3) is 3.28. The molecular formula is C11H23NO. The molecule has 78 valence electrons. The fraction of sp³-hybridized carbons (Fsp3) is 1.00. The monoisotopic (exact) mass is 185 g/mol. The van der Waals surface area contributed by atoms with E-state index in [4.69, 9.17) is 0 Å². The highest BCUT2D eigenvalue weighted by Gasteiger charge is 2.34. The quantitative estimate of drug-likeness (QED) is 0.603. The van der Waals surface area contributed by atoms with Crippen LogP contribution in [-0.4, -0.2) is 25.3 Å². The first-order chi connectivity index (χ1) is 6.27. The van der Waals surface area contributed by atoms with Crippen molar-refractivity contribution in [3.05, 3.63) is 0 Å². The molecule has 13 heavy (non-hydrogen) atoms. The van der Waals surface area contributed by atoms with Gasteiger partial charge in [0.15, 0.2) is 0 Å². The molecule has 0 heterocycles. The largest absolute Gasteiger partial charge is 0.393 e. The number of hydrogen-bond acceptors (Lipinski definition) is 2.